The van der Waals surface area contributed by atoms with Gasteiger partial charge in [-0.1, -0.05) is 23.9 Å². The van der Waals surface area contributed by atoms with Gasteiger partial charge in [-0.05, 0) is 67.6 Å². The SMILES string of the molecule is CC1(CCOc2ccc(CC3SC(N)=NC3=O)cc2)CCc2cc(O)ccc2O1. The third kappa shape index (κ3) is 4.67. The Kier molecular flexibility index (Phi) is 5.41. The second kappa shape index (κ2) is 7.99. The monoisotopic (exact) mass is 412 g/mol. The Balaban J connectivity index is 1.27. The molecule has 4 rings (SSSR count). The smallest absolute Gasteiger partial charge is 0.261 e. The molecule has 2 heterocycles. The molecular formula is C22H24N2O4S. The number of rotatable bonds is 6. The van der Waals surface area contributed by atoms with E-state index in [9.17, 15) is 9.90 Å². The number of carbonyl (C=O) groups is 1. The van der Waals surface area contributed by atoms with E-state index in [0.717, 1.165) is 41.9 Å². The number of benzene rings is 2. The van der Waals surface area contributed by atoms with Crippen LogP contribution >= 0.6 is 11.8 Å². The number of nitrogens with two attached hydrogens (primary N) is 1. The summed E-state index contributed by atoms with van der Waals surface area (Å²) >= 11 is 1.32. The molecule has 0 bridgehead atoms. The Morgan fingerprint density at radius 3 is 2.83 bits per heavy atom. The Morgan fingerprint density at radius 1 is 1.31 bits per heavy atom. The van der Waals surface area contributed by atoms with Gasteiger partial charge in [-0.15, -0.1) is 0 Å². The molecule has 0 spiro atoms. The van der Waals surface area contributed by atoms with Crippen LogP contribution in [0.25, 0.3) is 0 Å². The number of hydrogen-bond donors (Lipinski definition) is 2. The molecular weight excluding hydrogens is 388 g/mol. The van der Waals surface area contributed by atoms with Gasteiger partial charge in [-0.2, -0.15) is 4.99 Å². The Morgan fingerprint density at radius 2 is 2.10 bits per heavy atom. The standard InChI is InChI=1S/C22H24N2O4S/c1-22(9-8-15-13-16(25)4-7-18(15)28-22)10-11-27-17-5-2-14(3-6-17)12-19-20(26)24-21(23)29-19/h2-7,13,19,25H,8-12H2,1H3,(H2,23,24,26). The minimum Gasteiger partial charge on any atom is -0.508 e. The number of amides is 1. The van der Waals surface area contributed by atoms with Gasteiger partial charge in [0, 0.05) is 6.42 Å². The highest BCUT2D eigenvalue weighted by Crippen LogP contribution is 2.36. The average Bonchev–Trinajstić information content (AvgIpc) is 3.00. The van der Waals surface area contributed by atoms with Crippen molar-refractivity contribution < 1.29 is 19.4 Å². The van der Waals surface area contributed by atoms with Gasteiger partial charge in [-0.25, -0.2) is 0 Å². The number of phenolic OH excluding ortho intramolecular Hbond substituents is 1. The highest BCUT2D eigenvalue weighted by molar-refractivity contribution is 8.15. The van der Waals surface area contributed by atoms with E-state index in [1.165, 1.54) is 11.8 Å². The zero-order valence-corrected chi connectivity index (χ0v) is 17.1. The molecule has 6 nitrogen and oxygen atoms in total. The summed E-state index contributed by atoms with van der Waals surface area (Å²) in [4.78, 5) is 15.5. The van der Waals surface area contributed by atoms with Gasteiger partial charge in [0.25, 0.3) is 5.91 Å². The van der Waals surface area contributed by atoms with Crippen LogP contribution in [0.4, 0.5) is 0 Å². The third-order valence-electron chi connectivity index (χ3n) is 5.33. The topological polar surface area (TPSA) is 94.1 Å². The van der Waals surface area contributed by atoms with E-state index in [-0.39, 0.29) is 22.5 Å². The van der Waals surface area contributed by atoms with Crippen LogP contribution in [0.5, 0.6) is 17.2 Å². The summed E-state index contributed by atoms with van der Waals surface area (Å²) in [6, 6.07) is 13.0. The molecule has 152 valence electrons. The Labute approximate surface area is 174 Å². The fourth-order valence-corrected chi connectivity index (χ4v) is 4.47. The molecule has 0 fully saturated rings. The maximum atomic E-state index is 11.7. The number of aromatic hydroxyl groups is 1. The van der Waals surface area contributed by atoms with Crippen molar-refractivity contribution in [1.29, 1.82) is 0 Å². The van der Waals surface area contributed by atoms with Crippen molar-refractivity contribution in [3.8, 4) is 17.2 Å². The first-order chi connectivity index (χ1) is 13.9. The van der Waals surface area contributed by atoms with Crippen LogP contribution in [-0.4, -0.2) is 33.6 Å². The number of carbonyl (C=O) groups excluding carboxylic acids is 1. The minimum atomic E-state index is -0.288. The number of fused-ring (bicyclic) bond motifs is 1. The summed E-state index contributed by atoms with van der Waals surface area (Å²) in [5.41, 5.74) is 7.41. The molecule has 2 aliphatic rings. The number of amidine groups is 1. The molecule has 3 N–H and O–H groups in total. The lowest BCUT2D eigenvalue weighted by atomic mass is 9.90. The van der Waals surface area contributed by atoms with Gasteiger partial charge < -0.3 is 20.3 Å². The predicted octanol–water partition coefficient (Wildman–Crippen LogP) is 3.44. The average molecular weight is 413 g/mol. The van der Waals surface area contributed by atoms with Gasteiger partial charge >= 0.3 is 0 Å². The maximum absolute atomic E-state index is 11.7. The molecule has 0 aliphatic carbocycles. The molecule has 2 aliphatic heterocycles. The predicted molar refractivity (Wildman–Crippen MR) is 114 cm³/mol. The molecule has 2 aromatic rings. The molecule has 1 amide bonds. The van der Waals surface area contributed by atoms with Crippen LogP contribution in [0.1, 0.15) is 30.9 Å². The summed E-state index contributed by atoms with van der Waals surface area (Å²) < 4.78 is 12.1. The molecule has 7 heteroatoms. The van der Waals surface area contributed by atoms with Gasteiger partial charge in [-0.3, -0.25) is 4.79 Å². The van der Waals surface area contributed by atoms with E-state index < -0.39 is 0 Å². The molecule has 2 atom stereocenters. The zero-order chi connectivity index (χ0) is 20.4. The second-order valence-corrected chi connectivity index (χ2v) is 8.91. The minimum absolute atomic E-state index is 0.162. The molecule has 29 heavy (non-hydrogen) atoms. The summed E-state index contributed by atoms with van der Waals surface area (Å²) in [5.74, 6) is 1.74. The number of thioether (sulfide) groups is 1. The van der Waals surface area contributed by atoms with Crippen LogP contribution in [0.3, 0.4) is 0 Å². The summed E-state index contributed by atoms with van der Waals surface area (Å²) in [6.45, 7) is 2.64. The van der Waals surface area contributed by atoms with Crippen molar-refractivity contribution in [3.63, 3.8) is 0 Å². The van der Waals surface area contributed by atoms with Crippen molar-refractivity contribution in [2.45, 2.75) is 43.5 Å². The van der Waals surface area contributed by atoms with Gasteiger partial charge in [0.2, 0.25) is 0 Å². The van der Waals surface area contributed by atoms with Crippen molar-refractivity contribution in [2.24, 2.45) is 10.7 Å². The third-order valence-corrected chi connectivity index (χ3v) is 6.31. The first kappa shape index (κ1) is 19.6. The second-order valence-electron chi connectivity index (χ2n) is 7.69. The van der Waals surface area contributed by atoms with E-state index in [2.05, 4.69) is 11.9 Å². The van der Waals surface area contributed by atoms with Crippen LogP contribution in [0, 0.1) is 0 Å². The van der Waals surface area contributed by atoms with Gasteiger partial charge in [0.05, 0.1) is 11.9 Å². The Bertz CT molecular complexity index is 944. The largest absolute Gasteiger partial charge is 0.508 e. The number of ether oxygens (including phenoxy) is 2. The highest BCUT2D eigenvalue weighted by Gasteiger charge is 2.31. The number of aryl methyl sites for hydroxylation is 1. The number of nitrogens with zero attached hydrogens (tertiary/aromatic N) is 1. The first-order valence-corrected chi connectivity index (χ1v) is 10.6. The summed E-state index contributed by atoms with van der Waals surface area (Å²) in [6.07, 6.45) is 3.12. The van der Waals surface area contributed by atoms with Gasteiger partial charge in [0.1, 0.15) is 22.8 Å². The lowest BCUT2D eigenvalue weighted by Gasteiger charge is -2.35. The van der Waals surface area contributed by atoms with E-state index >= 15 is 0 Å². The maximum Gasteiger partial charge on any atom is 0.261 e. The zero-order valence-electron chi connectivity index (χ0n) is 16.3. The Hall–Kier alpha value is -2.67. The van der Waals surface area contributed by atoms with Crippen LogP contribution in [-0.2, 0) is 17.6 Å². The van der Waals surface area contributed by atoms with Crippen LogP contribution < -0.4 is 15.2 Å². The quantitative estimate of drug-likeness (QED) is 0.755. The van der Waals surface area contributed by atoms with Gasteiger partial charge in [0.15, 0.2) is 5.17 Å². The fraction of sp³-hybridized carbons (Fsp3) is 0.364. The number of aliphatic imine (C=N–C) groups is 1. The highest BCUT2D eigenvalue weighted by atomic mass is 32.2. The van der Waals surface area contributed by atoms with Crippen molar-refractivity contribution in [2.75, 3.05) is 6.61 Å². The fourth-order valence-electron chi connectivity index (χ4n) is 3.61. The molecule has 0 aromatic heterocycles. The van der Waals surface area contributed by atoms with E-state index in [4.69, 9.17) is 15.2 Å². The number of phenols is 1. The molecule has 0 saturated heterocycles. The lowest BCUT2D eigenvalue weighted by molar-refractivity contribution is -0.117. The van der Waals surface area contributed by atoms with Crippen molar-refractivity contribution >= 4 is 22.8 Å². The van der Waals surface area contributed by atoms with Crippen LogP contribution in [0.15, 0.2) is 47.5 Å². The first-order valence-electron chi connectivity index (χ1n) is 9.68. The van der Waals surface area contributed by atoms with Crippen molar-refractivity contribution in [1.82, 2.24) is 0 Å². The van der Waals surface area contributed by atoms with E-state index in [1.807, 2.05) is 30.3 Å². The lowest BCUT2D eigenvalue weighted by Crippen LogP contribution is -2.37. The molecule has 2 unspecified atom stereocenters. The van der Waals surface area contributed by atoms with Crippen LogP contribution in [0.2, 0.25) is 0 Å². The number of hydrogen-bond acceptors (Lipinski definition) is 6. The van der Waals surface area contributed by atoms with E-state index in [1.54, 1.807) is 12.1 Å². The molecule has 0 radical (unpaired) electrons. The summed E-state index contributed by atoms with van der Waals surface area (Å²) in [7, 11) is 0. The normalized spacial score (nSPS) is 23.3. The van der Waals surface area contributed by atoms with Crippen molar-refractivity contribution in [3.05, 3.63) is 53.6 Å². The molecule has 2 aromatic carbocycles. The summed E-state index contributed by atoms with van der Waals surface area (Å²) in [5, 5.41) is 9.72. The van der Waals surface area contributed by atoms with E-state index in [0.29, 0.717) is 18.2 Å². The molecule has 0 saturated carbocycles.